The molecule has 240 valence electrons. The second kappa shape index (κ2) is 21.7. The van der Waals surface area contributed by atoms with Crippen molar-refractivity contribution in [2.75, 3.05) is 6.61 Å². The van der Waals surface area contributed by atoms with Gasteiger partial charge in [-0.05, 0) is 80.4 Å². The zero-order chi connectivity index (χ0) is 32.9. The normalized spacial score (nSPS) is 10.1. The van der Waals surface area contributed by atoms with E-state index in [2.05, 4.69) is 45.3 Å². The molecule has 1 heterocycles. The highest BCUT2D eigenvalue weighted by Gasteiger charge is 2.16. The fourth-order valence-corrected chi connectivity index (χ4v) is 4.82. The smallest absolute Gasteiger partial charge is 0.290 e. The van der Waals surface area contributed by atoms with Gasteiger partial charge in [0.2, 0.25) is 0 Å². The Kier molecular flexibility index (Phi) is 18.8. The van der Waals surface area contributed by atoms with E-state index in [4.69, 9.17) is 14.6 Å². The van der Waals surface area contributed by atoms with Gasteiger partial charge in [-0.1, -0.05) is 73.6 Å². The number of carbonyl (C=O) groups is 3. The van der Waals surface area contributed by atoms with Crippen molar-refractivity contribution in [3.05, 3.63) is 77.4 Å². The third-order valence-electron chi connectivity index (χ3n) is 6.91. The third kappa shape index (κ3) is 11.0. The van der Waals surface area contributed by atoms with Crippen molar-refractivity contribution < 1.29 is 24.2 Å². The summed E-state index contributed by atoms with van der Waals surface area (Å²) in [5, 5.41) is 8.93. The lowest BCUT2D eigenvalue weighted by Gasteiger charge is -2.07. The standard InChI is InChI=1S/C32H37NO3.C3H8.C2H6.CH2O2/c1-4-7-9-10-11-31(34)24-14-18-29-27(21-24)28-22-25(15-19-30(28)33(29)6-3)32(35)23-12-16-26(17-13-23)36-20-8-5-2;1-3-2;1-2;2-1-3/h12-19,21-22H,4-11,20H2,1-3H3;3H2,1-2H3;1-2H3;1H,(H,2,3). The van der Waals surface area contributed by atoms with Crippen LogP contribution in [0.1, 0.15) is 126 Å². The Morgan fingerprint density at radius 3 is 1.75 bits per heavy atom. The summed E-state index contributed by atoms with van der Waals surface area (Å²) in [6.07, 6.45) is 8.29. The van der Waals surface area contributed by atoms with Gasteiger partial charge in [-0.2, -0.15) is 0 Å². The maximum absolute atomic E-state index is 13.3. The first kappa shape index (κ1) is 38.1. The van der Waals surface area contributed by atoms with Gasteiger partial charge in [-0.25, -0.2) is 0 Å². The van der Waals surface area contributed by atoms with Gasteiger partial charge >= 0.3 is 0 Å². The first-order chi connectivity index (χ1) is 21.4. The molecule has 3 aromatic carbocycles. The Morgan fingerprint density at radius 1 is 0.727 bits per heavy atom. The van der Waals surface area contributed by atoms with Crippen molar-refractivity contribution in [2.45, 2.75) is 106 Å². The number of carbonyl (C=O) groups excluding carboxylic acids is 2. The van der Waals surface area contributed by atoms with Crippen LogP contribution in [-0.4, -0.2) is 34.3 Å². The molecule has 0 bridgehead atoms. The lowest BCUT2D eigenvalue weighted by atomic mass is 9.99. The number of unbranched alkanes of at least 4 members (excludes halogenated alkanes) is 4. The number of nitrogens with zero attached hydrogens (tertiary/aromatic N) is 1. The maximum Gasteiger partial charge on any atom is 0.290 e. The summed E-state index contributed by atoms with van der Waals surface area (Å²) in [7, 11) is 0. The number of Topliss-reactive ketones (excluding diaryl/α,β-unsaturated/α-hetero) is 1. The van der Waals surface area contributed by atoms with Crippen LogP contribution in [0.5, 0.6) is 5.75 Å². The van der Waals surface area contributed by atoms with Crippen LogP contribution in [0.4, 0.5) is 0 Å². The average Bonchev–Trinajstić information content (AvgIpc) is 3.37. The molecule has 6 heteroatoms. The van der Waals surface area contributed by atoms with Gasteiger partial charge in [0, 0.05) is 51.5 Å². The van der Waals surface area contributed by atoms with Crippen molar-refractivity contribution in [2.24, 2.45) is 0 Å². The van der Waals surface area contributed by atoms with Crippen LogP contribution in [0.2, 0.25) is 0 Å². The van der Waals surface area contributed by atoms with Crippen LogP contribution in [0.25, 0.3) is 21.8 Å². The molecule has 0 radical (unpaired) electrons. The molecule has 0 aliphatic carbocycles. The van der Waals surface area contributed by atoms with Crippen LogP contribution in [-0.2, 0) is 11.3 Å². The Morgan fingerprint density at radius 2 is 1.23 bits per heavy atom. The number of ketones is 2. The van der Waals surface area contributed by atoms with Crippen LogP contribution < -0.4 is 4.74 Å². The van der Waals surface area contributed by atoms with Gasteiger partial charge in [0.05, 0.1) is 6.61 Å². The van der Waals surface area contributed by atoms with E-state index >= 15 is 0 Å². The summed E-state index contributed by atoms with van der Waals surface area (Å²) in [5.41, 5.74) is 4.21. The van der Waals surface area contributed by atoms with Crippen LogP contribution in [0.3, 0.4) is 0 Å². The summed E-state index contributed by atoms with van der Waals surface area (Å²) in [6, 6.07) is 19.3. The molecule has 6 nitrogen and oxygen atoms in total. The van der Waals surface area contributed by atoms with E-state index in [0.29, 0.717) is 24.2 Å². The molecule has 1 aromatic heterocycles. The quantitative estimate of drug-likeness (QED) is 0.0933. The first-order valence-electron chi connectivity index (χ1n) is 16.3. The summed E-state index contributed by atoms with van der Waals surface area (Å²) >= 11 is 0. The van der Waals surface area contributed by atoms with Gasteiger partial charge in [0.25, 0.3) is 6.47 Å². The molecule has 0 fully saturated rings. The second-order valence-corrected chi connectivity index (χ2v) is 10.3. The summed E-state index contributed by atoms with van der Waals surface area (Å²) in [5.74, 6) is 0.963. The molecule has 44 heavy (non-hydrogen) atoms. The fraction of sp³-hybridized carbons (Fsp3) is 0.447. The van der Waals surface area contributed by atoms with Crippen molar-refractivity contribution in [1.82, 2.24) is 4.57 Å². The third-order valence-corrected chi connectivity index (χ3v) is 6.91. The maximum atomic E-state index is 13.3. The van der Waals surface area contributed by atoms with Crippen molar-refractivity contribution in [3.63, 3.8) is 0 Å². The predicted octanol–water partition coefficient (Wildman–Crippen LogP) is 10.5. The van der Waals surface area contributed by atoms with Crippen molar-refractivity contribution >= 4 is 39.8 Å². The number of hydrogen-bond acceptors (Lipinski definition) is 4. The van der Waals surface area contributed by atoms with E-state index in [-0.39, 0.29) is 18.0 Å². The number of ether oxygens (including phenoxy) is 1. The van der Waals surface area contributed by atoms with E-state index in [1.165, 1.54) is 12.8 Å². The van der Waals surface area contributed by atoms with E-state index in [0.717, 1.165) is 71.8 Å². The highest BCUT2D eigenvalue weighted by molar-refractivity contribution is 6.15. The molecule has 4 rings (SSSR count). The van der Waals surface area contributed by atoms with Gasteiger partial charge in [0.1, 0.15) is 5.75 Å². The molecular formula is C38H53NO5. The number of carboxylic acid groups (broad SMARTS) is 1. The Bertz CT molecular complexity index is 1420. The zero-order valence-electron chi connectivity index (χ0n) is 27.9. The van der Waals surface area contributed by atoms with E-state index in [1.54, 1.807) is 0 Å². The molecule has 4 aromatic rings. The zero-order valence-corrected chi connectivity index (χ0v) is 27.9. The average molecular weight is 604 g/mol. The molecule has 0 amide bonds. The lowest BCUT2D eigenvalue weighted by molar-refractivity contribution is -0.122. The van der Waals surface area contributed by atoms with E-state index in [1.807, 2.05) is 68.4 Å². The Balaban J connectivity index is 0.00000110. The van der Waals surface area contributed by atoms with Crippen LogP contribution >= 0.6 is 0 Å². The molecule has 0 atom stereocenters. The predicted molar refractivity (Wildman–Crippen MR) is 184 cm³/mol. The lowest BCUT2D eigenvalue weighted by Crippen LogP contribution is -2.02. The topological polar surface area (TPSA) is 85.6 Å². The SMILES string of the molecule is CC.CCC.CCCCCCC(=O)c1ccc2c(c1)c1cc(C(=O)c3ccc(OCCCC)cc3)ccc1n2CC.O=CO. The van der Waals surface area contributed by atoms with Crippen LogP contribution in [0.15, 0.2) is 60.7 Å². The first-order valence-corrected chi connectivity index (χ1v) is 16.3. The number of aryl methyl sites for hydroxylation is 1. The highest BCUT2D eigenvalue weighted by atomic mass is 16.5. The number of rotatable bonds is 13. The molecule has 1 N–H and O–H groups in total. The molecular weight excluding hydrogens is 550 g/mol. The number of hydrogen-bond donors (Lipinski definition) is 1. The minimum atomic E-state index is -0.250. The summed E-state index contributed by atoms with van der Waals surface area (Å²) in [6.45, 7) is 15.9. The molecule has 0 spiro atoms. The number of aromatic nitrogens is 1. The largest absolute Gasteiger partial charge is 0.494 e. The van der Waals surface area contributed by atoms with Gasteiger partial charge in [0.15, 0.2) is 11.6 Å². The monoisotopic (exact) mass is 603 g/mol. The van der Waals surface area contributed by atoms with E-state index in [9.17, 15) is 9.59 Å². The van der Waals surface area contributed by atoms with Crippen LogP contribution in [0, 0.1) is 0 Å². The van der Waals surface area contributed by atoms with Crippen molar-refractivity contribution in [3.8, 4) is 5.75 Å². The Labute approximate surface area is 264 Å². The molecule has 0 unspecified atom stereocenters. The number of benzene rings is 3. The molecule has 0 saturated heterocycles. The molecule has 0 aliphatic rings. The molecule has 0 aliphatic heterocycles. The summed E-state index contributed by atoms with van der Waals surface area (Å²) < 4.78 is 7.98. The highest BCUT2D eigenvalue weighted by Crippen LogP contribution is 2.32. The minimum absolute atomic E-state index is 0.0161. The van der Waals surface area contributed by atoms with Crippen molar-refractivity contribution in [1.29, 1.82) is 0 Å². The minimum Gasteiger partial charge on any atom is -0.494 e. The van der Waals surface area contributed by atoms with Gasteiger partial charge in [-0.3, -0.25) is 14.4 Å². The second-order valence-electron chi connectivity index (χ2n) is 10.3. The van der Waals surface area contributed by atoms with Gasteiger partial charge in [-0.15, -0.1) is 0 Å². The fourth-order valence-electron chi connectivity index (χ4n) is 4.82. The van der Waals surface area contributed by atoms with E-state index < -0.39 is 0 Å². The Hall–Kier alpha value is -3.93. The molecule has 0 saturated carbocycles. The summed E-state index contributed by atoms with van der Waals surface area (Å²) in [4.78, 5) is 34.5. The number of fused-ring (bicyclic) bond motifs is 3. The van der Waals surface area contributed by atoms with Gasteiger partial charge < -0.3 is 14.4 Å².